The highest BCUT2D eigenvalue weighted by molar-refractivity contribution is 7.10. The minimum atomic E-state index is -0.771. The van der Waals surface area contributed by atoms with Gasteiger partial charge in [0.1, 0.15) is 17.3 Å². The Hall–Kier alpha value is -2.09. The van der Waals surface area contributed by atoms with E-state index < -0.39 is 23.2 Å². The average Bonchev–Trinajstić information content (AvgIpc) is 3.29. The van der Waals surface area contributed by atoms with Crippen molar-refractivity contribution in [2.24, 2.45) is 0 Å². The molecule has 1 aromatic carbocycles. The summed E-state index contributed by atoms with van der Waals surface area (Å²) in [4.78, 5) is 17.0. The number of benzene rings is 1. The van der Waals surface area contributed by atoms with Crippen LogP contribution in [-0.4, -0.2) is 23.9 Å². The predicted octanol–water partition coefficient (Wildman–Crippen LogP) is 4.67. The Kier molecular flexibility index (Phi) is 4.84. The number of fused-ring (bicyclic) bond motifs is 1. The minimum absolute atomic E-state index is 0.00113. The Bertz CT molecular complexity index is 903. The summed E-state index contributed by atoms with van der Waals surface area (Å²) in [6.45, 7) is 0.800. The Morgan fingerprint density at radius 3 is 2.65 bits per heavy atom. The molecule has 1 aliphatic rings. The molecule has 1 aliphatic heterocycles. The summed E-state index contributed by atoms with van der Waals surface area (Å²) in [5.74, 6) is -1.96. The molecule has 2 aromatic heterocycles. The molecule has 0 saturated carbocycles. The van der Waals surface area contributed by atoms with Gasteiger partial charge in [0.25, 0.3) is 0 Å². The number of thiophene rings is 2. The van der Waals surface area contributed by atoms with E-state index in [-0.39, 0.29) is 12.6 Å². The quantitative estimate of drug-likeness (QED) is 0.702. The van der Waals surface area contributed by atoms with Crippen LogP contribution in [0.2, 0.25) is 0 Å². The van der Waals surface area contributed by atoms with Gasteiger partial charge in [0.15, 0.2) is 0 Å². The SMILES string of the molecule is O=C(CN1CCc2sccc2C1c1cccs1)Nc1c(F)cccc1F. The molecule has 0 radical (unpaired) electrons. The van der Waals surface area contributed by atoms with E-state index in [1.807, 2.05) is 11.4 Å². The van der Waals surface area contributed by atoms with Crippen molar-refractivity contribution in [3.05, 3.63) is 74.1 Å². The lowest BCUT2D eigenvalue weighted by Gasteiger charge is -2.34. The summed E-state index contributed by atoms with van der Waals surface area (Å²) in [7, 11) is 0. The molecule has 26 heavy (non-hydrogen) atoms. The van der Waals surface area contributed by atoms with E-state index in [0.29, 0.717) is 0 Å². The monoisotopic (exact) mass is 390 g/mol. The first kappa shape index (κ1) is 17.3. The second-order valence-electron chi connectivity index (χ2n) is 6.08. The predicted molar refractivity (Wildman–Crippen MR) is 101 cm³/mol. The van der Waals surface area contributed by atoms with Crippen molar-refractivity contribution < 1.29 is 13.6 Å². The zero-order valence-electron chi connectivity index (χ0n) is 13.7. The van der Waals surface area contributed by atoms with E-state index in [4.69, 9.17) is 0 Å². The van der Waals surface area contributed by atoms with Crippen LogP contribution in [0.5, 0.6) is 0 Å². The fourth-order valence-corrected chi connectivity index (χ4v) is 5.08. The van der Waals surface area contributed by atoms with E-state index in [1.54, 1.807) is 22.7 Å². The molecule has 1 unspecified atom stereocenters. The van der Waals surface area contributed by atoms with Crippen molar-refractivity contribution in [1.82, 2.24) is 4.90 Å². The van der Waals surface area contributed by atoms with Crippen LogP contribution in [0.25, 0.3) is 0 Å². The van der Waals surface area contributed by atoms with Crippen molar-refractivity contribution in [2.75, 3.05) is 18.4 Å². The topological polar surface area (TPSA) is 32.3 Å². The van der Waals surface area contributed by atoms with Gasteiger partial charge in [-0.25, -0.2) is 8.78 Å². The van der Waals surface area contributed by atoms with Gasteiger partial charge in [-0.1, -0.05) is 12.1 Å². The highest BCUT2D eigenvalue weighted by Gasteiger charge is 2.31. The molecule has 0 saturated heterocycles. The first-order valence-corrected chi connectivity index (χ1v) is 9.97. The number of nitrogens with one attached hydrogen (secondary N) is 1. The molecule has 0 aliphatic carbocycles. The van der Waals surface area contributed by atoms with Crippen LogP contribution < -0.4 is 5.32 Å². The van der Waals surface area contributed by atoms with Crippen LogP contribution in [0, 0.1) is 11.6 Å². The third-order valence-electron chi connectivity index (χ3n) is 4.45. The lowest BCUT2D eigenvalue weighted by atomic mass is 9.98. The molecule has 0 fully saturated rings. The van der Waals surface area contributed by atoms with Gasteiger partial charge in [0.2, 0.25) is 5.91 Å². The standard InChI is InChI=1S/C19H16F2N2OS2/c20-13-3-1-4-14(21)18(13)22-17(24)11-23-8-6-15-12(7-10-26-15)19(23)16-5-2-9-25-16/h1-5,7,9-10,19H,6,8,11H2,(H,22,24). The Labute approximate surface area is 157 Å². The number of hydrogen-bond donors (Lipinski definition) is 1. The number of halogens is 2. The van der Waals surface area contributed by atoms with Crippen LogP contribution in [0.4, 0.5) is 14.5 Å². The van der Waals surface area contributed by atoms with Crippen molar-refractivity contribution >= 4 is 34.3 Å². The number of nitrogens with zero attached hydrogens (tertiary/aromatic N) is 1. The highest BCUT2D eigenvalue weighted by atomic mass is 32.1. The van der Waals surface area contributed by atoms with E-state index in [9.17, 15) is 13.6 Å². The van der Waals surface area contributed by atoms with Crippen LogP contribution in [-0.2, 0) is 11.2 Å². The van der Waals surface area contributed by atoms with Crippen LogP contribution >= 0.6 is 22.7 Å². The second-order valence-corrected chi connectivity index (χ2v) is 8.06. The van der Waals surface area contributed by atoms with Crippen LogP contribution in [0.3, 0.4) is 0 Å². The molecule has 3 heterocycles. The van der Waals surface area contributed by atoms with Gasteiger partial charge in [0.05, 0.1) is 12.6 Å². The molecular formula is C19H16F2N2OS2. The molecule has 1 amide bonds. The lowest BCUT2D eigenvalue weighted by molar-refractivity contribution is -0.117. The first-order valence-electron chi connectivity index (χ1n) is 8.21. The summed E-state index contributed by atoms with van der Waals surface area (Å²) in [5, 5.41) is 6.47. The average molecular weight is 390 g/mol. The summed E-state index contributed by atoms with van der Waals surface area (Å²) < 4.78 is 27.6. The smallest absolute Gasteiger partial charge is 0.238 e. The van der Waals surface area contributed by atoms with Gasteiger partial charge in [-0.05, 0) is 47.0 Å². The number of hydrogen-bond acceptors (Lipinski definition) is 4. The van der Waals surface area contributed by atoms with Gasteiger partial charge in [-0.2, -0.15) is 0 Å². The largest absolute Gasteiger partial charge is 0.320 e. The molecule has 1 atom stereocenters. The normalized spacial score (nSPS) is 17.1. The molecule has 134 valence electrons. The molecule has 4 rings (SSSR count). The number of carbonyl (C=O) groups excluding carboxylic acids is 1. The van der Waals surface area contributed by atoms with Crippen molar-refractivity contribution in [2.45, 2.75) is 12.5 Å². The number of carbonyl (C=O) groups is 1. The Morgan fingerprint density at radius 2 is 1.92 bits per heavy atom. The molecule has 0 spiro atoms. The van der Waals surface area contributed by atoms with Gasteiger partial charge in [0, 0.05) is 16.3 Å². The zero-order chi connectivity index (χ0) is 18.1. The number of amides is 1. The molecule has 1 N–H and O–H groups in total. The lowest BCUT2D eigenvalue weighted by Crippen LogP contribution is -2.40. The Balaban J connectivity index is 1.56. The third-order valence-corrected chi connectivity index (χ3v) is 6.37. The van der Waals surface area contributed by atoms with E-state index in [1.165, 1.54) is 16.5 Å². The summed E-state index contributed by atoms with van der Waals surface area (Å²) in [5.41, 5.74) is 0.826. The Morgan fingerprint density at radius 1 is 1.12 bits per heavy atom. The second kappa shape index (κ2) is 7.26. The number of rotatable bonds is 4. The summed E-state index contributed by atoms with van der Waals surface area (Å²) in [6, 6.07) is 9.69. The van der Waals surface area contributed by atoms with Gasteiger partial charge < -0.3 is 5.32 Å². The zero-order valence-corrected chi connectivity index (χ0v) is 15.4. The molecule has 3 nitrogen and oxygen atoms in total. The van der Waals surface area contributed by atoms with E-state index in [0.717, 1.165) is 30.0 Å². The van der Waals surface area contributed by atoms with Crippen LogP contribution in [0.15, 0.2) is 47.2 Å². The fraction of sp³-hybridized carbons (Fsp3) is 0.211. The maximum Gasteiger partial charge on any atom is 0.238 e. The summed E-state index contributed by atoms with van der Waals surface area (Å²) >= 11 is 3.38. The van der Waals surface area contributed by atoms with E-state index in [2.05, 4.69) is 27.7 Å². The maximum absolute atomic E-state index is 13.8. The third kappa shape index (κ3) is 3.30. The van der Waals surface area contributed by atoms with E-state index >= 15 is 0 Å². The molecule has 0 bridgehead atoms. The first-order chi connectivity index (χ1) is 12.6. The van der Waals surface area contributed by atoms with Gasteiger partial charge in [-0.3, -0.25) is 9.69 Å². The molecule has 7 heteroatoms. The van der Waals surface area contributed by atoms with Crippen molar-refractivity contribution in [1.29, 1.82) is 0 Å². The fourth-order valence-electron chi connectivity index (χ4n) is 3.30. The van der Waals surface area contributed by atoms with Crippen LogP contribution in [0.1, 0.15) is 21.4 Å². The maximum atomic E-state index is 13.8. The number of anilines is 1. The van der Waals surface area contributed by atoms with Gasteiger partial charge >= 0.3 is 0 Å². The minimum Gasteiger partial charge on any atom is -0.320 e. The van der Waals surface area contributed by atoms with Crippen molar-refractivity contribution in [3.8, 4) is 0 Å². The molecule has 3 aromatic rings. The highest BCUT2D eigenvalue weighted by Crippen LogP contribution is 2.39. The van der Waals surface area contributed by atoms with Crippen molar-refractivity contribution in [3.63, 3.8) is 0 Å². The van der Waals surface area contributed by atoms with Gasteiger partial charge in [-0.15, -0.1) is 22.7 Å². The number of para-hydroxylation sites is 1. The molecular weight excluding hydrogens is 374 g/mol. The summed E-state index contributed by atoms with van der Waals surface area (Å²) in [6.07, 6.45) is 0.871.